The van der Waals surface area contributed by atoms with Crippen molar-refractivity contribution in [2.24, 2.45) is 5.92 Å². The zero-order chi connectivity index (χ0) is 16.1. The van der Waals surface area contributed by atoms with Crippen molar-refractivity contribution in [3.05, 3.63) is 30.3 Å². The van der Waals surface area contributed by atoms with Crippen LogP contribution in [0.15, 0.2) is 30.3 Å². The summed E-state index contributed by atoms with van der Waals surface area (Å²) in [6.45, 7) is 2.00. The van der Waals surface area contributed by atoms with E-state index in [4.69, 9.17) is 4.74 Å². The average Bonchev–Trinajstić information content (AvgIpc) is 3.29. The summed E-state index contributed by atoms with van der Waals surface area (Å²) in [6, 6.07) is 9.19. The molecule has 1 aromatic rings. The van der Waals surface area contributed by atoms with Crippen molar-refractivity contribution in [3.8, 4) is 5.75 Å². The molecule has 2 aliphatic rings. The highest BCUT2D eigenvalue weighted by atomic mass is 16.5. The Labute approximate surface area is 136 Å². The maximum atomic E-state index is 12.1. The van der Waals surface area contributed by atoms with Crippen LogP contribution in [-0.4, -0.2) is 49.1 Å². The maximum Gasteiger partial charge on any atom is 0.315 e. The van der Waals surface area contributed by atoms with Gasteiger partial charge in [-0.15, -0.1) is 0 Å². The van der Waals surface area contributed by atoms with Crippen molar-refractivity contribution in [2.45, 2.75) is 25.3 Å². The van der Waals surface area contributed by atoms with Crippen molar-refractivity contribution in [1.82, 2.24) is 15.5 Å². The number of urea groups is 1. The van der Waals surface area contributed by atoms with Crippen molar-refractivity contribution in [3.63, 3.8) is 0 Å². The van der Waals surface area contributed by atoms with Crippen molar-refractivity contribution < 1.29 is 14.3 Å². The van der Waals surface area contributed by atoms with Crippen LogP contribution in [-0.2, 0) is 4.79 Å². The molecule has 0 radical (unpaired) electrons. The third-order valence-electron chi connectivity index (χ3n) is 4.23. The number of nitrogens with zero attached hydrogens (tertiary/aromatic N) is 1. The zero-order valence-electron chi connectivity index (χ0n) is 13.2. The van der Waals surface area contributed by atoms with Crippen LogP contribution < -0.4 is 15.4 Å². The predicted octanol–water partition coefficient (Wildman–Crippen LogP) is 1.38. The van der Waals surface area contributed by atoms with Crippen LogP contribution in [0.25, 0.3) is 0 Å². The molecule has 1 aliphatic carbocycles. The van der Waals surface area contributed by atoms with Crippen LogP contribution in [0.2, 0.25) is 0 Å². The summed E-state index contributed by atoms with van der Waals surface area (Å²) in [5.41, 5.74) is 0. The van der Waals surface area contributed by atoms with Gasteiger partial charge in [-0.1, -0.05) is 18.2 Å². The van der Waals surface area contributed by atoms with Crippen LogP contribution in [0.5, 0.6) is 5.75 Å². The number of likely N-dealkylation sites (tertiary alicyclic amines) is 1. The Bertz CT molecular complexity index is 545. The molecule has 0 aromatic heterocycles. The normalized spacial score (nSPS) is 20.2. The summed E-state index contributed by atoms with van der Waals surface area (Å²) in [4.78, 5) is 25.7. The number of benzene rings is 1. The molecule has 3 rings (SSSR count). The molecular formula is C17H23N3O3. The first-order valence-corrected chi connectivity index (χ1v) is 8.20. The summed E-state index contributed by atoms with van der Waals surface area (Å²) in [5.74, 6) is 1.31. The third kappa shape index (κ3) is 4.87. The molecule has 6 nitrogen and oxygen atoms in total. The fraction of sp³-hybridized carbons (Fsp3) is 0.529. The lowest BCUT2D eigenvalue weighted by molar-refractivity contribution is -0.132. The second-order valence-corrected chi connectivity index (χ2v) is 6.22. The van der Waals surface area contributed by atoms with Gasteiger partial charge in [-0.05, 0) is 37.3 Å². The molecule has 0 spiro atoms. The van der Waals surface area contributed by atoms with Crippen LogP contribution >= 0.6 is 0 Å². The Hall–Kier alpha value is -2.24. The number of nitrogens with one attached hydrogen (secondary N) is 2. The average molecular weight is 317 g/mol. The highest BCUT2D eigenvalue weighted by Gasteiger charge is 2.28. The lowest BCUT2D eigenvalue weighted by Gasteiger charge is -2.17. The second kappa shape index (κ2) is 7.35. The summed E-state index contributed by atoms with van der Waals surface area (Å²) in [6.07, 6.45) is 3.22. The Morgan fingerprint density at radius 2 is 1.96 bits per heavy atom. The van der Waals surface area contributed by atoms with Crippen molar-refractivity contribution in [2.75, 3.05) is 26.2 Å². The topological polar surface area (TPSA) is 70.7 Å². The van der Waals surface area contributed by atoms with E-state index < -0.39 is 0 Å². The molecule has 1 atom stereocenters. The monoisotopic (exact) mass is 317 g/mol. The van der Waals surface area contributed by atoms with Crippen molar-refractivity contribution in [1.29, 1.82) is 0 Å². The van der Waals surface area contributed by atoms with E-state index >= 15 is 0 Å². The van der Waals surface area contributed by atoms with Crippen LogP contribution in [0.3, 0.4) is 0 Å². The van der Waals surface area contributed by atoms with Gasteiger partial charge in [0.15, 0.2) is 6.61 Å². The van der Waals surface area contributed by atoms with E-state index in [1.807, 2.05) is 30.3 Å². The number of amides is 3. The minimum Gasteiger partial charge on any atom is -0.484 e. The molecule has 0 unspecified atom stereocenters. The molecule has 0 bridgehead atoms. The van der Waals surface area contributed by atoms with Gasteiger partial charge in [-0.3, -0.25) is 4.79 Å². The Morgan fingerprint density at radius 1 is 1.17 bits per heavy atom. The van der Waals surface area contributed by atoms with Crippen LogP contribution in [0, 0.1) is 5.92 Å². The number of carbonyl (C=O) groups excluding carboxylic acids is 2. The second-order valence-electron chi connectivity index (χ2n) is 6.22. The molecule has 3 amide bonds. The number of rotatable bonds is 6. The number of carbonyl (C=O) groups is 2. The Kier molecular flexibility index (Phi) is 5.00. The minimum atomic E-state index is -0.128. The Balaban J connectivity index is 1.36. The fourth-order valence-corrected chi connectivity index (χ4v) is 2.65. The molecule has 6 heteroatoms. The first-order chi connectivity index (χ1) is 11.2. The van der Waals surface area contributed by atoms with E-state index in [1.165, 1.54) is 12.8 Å². The lowest BCUT2D eigenvalue weighted by Crippen LogP contribution is -2.44. The molecular weight excluding hydrogens is 294 g/mol. The highest BCUT2D eigenvalue weighted by molar-refractivity contribution is 5.78. The highest BCUT2D eigenvalue weighted by Crippen LogP contribution is 2.27. The van der Waals surface area contributed by atoms with Gasteiger partial charge in [0.05, 0.1) is 0 Å². The van der Waals surface area contributed by atoms with E-state index in [9.17, 15) is 9.59 Å². The molecule has 1 saturated heterocycles. The van der Waals surface area contributed by atoms with Gasteiger partial charge in [-0.25, -0.2) is 4.79 Å². The smallest absolute Gasteiger partial charge is 0.315 e. The van der Waals surface area contributed by atoms with Gasteiger partial charge in [0, 0.05) is 25.7 Å². The van der Waals surface area contributed by atoms with Gasteiger partial charge < -0.3 is 20.3 Å². The van der Waals surface area contributed by atoms with Gasteiger partial charge in [0.2, 0.25) is 0 Å². The van der Waals surface area contributed by atoms with Crippen LogP contribution in [0.4, 0.5) is 4.79 Å². The lowest BCUT2D eigenvalue weighted by atomic mass is 10.3. The first kappa shape index (κ1) is 15.6. The number of para-hydroxylation sites is 1. The van der Waals surface area contributed by atoms with E-state index in [2.05, 4.69) is 10.6 Å². The molecule has 1 aromatic carbocycles. The quantitative estimate of drug-likeness (QED) is 0.832. The van der Waals surface area contributed by atoms with Crippen molar-refractivity contribution >= 4 is 11.9 Å². The number of ether oxygens (including phenoxy) is 1. The van der Waals surface area contributed by atoms with Gasteiger partial charge in [-0.2, -0.15) is 0 Å². The largest absolute Gasteiger partial charge is 0.484 e. The third-order valence-corrected chi connectivity index (χ3v) is 4.23. The van der Waals surface area contributed by atoms with Gasteiger partial charge in [0.1, 0.15) is 5.75 Å². The van der Waals surface area contributed by atoms with Gasteiger partial charge >= 0.3 is 6.03 Å². The van der Waals surface area contributed by atoms with E-state index in [-0.39, 0.29) is 24.6 Å². The molecule has 1 heterocycles. The summed E-state index contributed by atoms with van der Waals surface area (Å²) < 4.78 is 5.48. The molecule has 124 valence electrons. The summed E-state index contributed by atoms with van der Waals surface area (Å²) in [5, 5.41) is 5.82. The molecule has 1 saturated carbocycles. The molecule has 2 fully saturated rings. The van der Waals surface area contributed by atoms with E-state index in [1.54, 1.807) is 4.90 Å². The number of hydrogen-bond acceptors (Lipinski definition) is 3. The summed E-state index contributed by atoms with van der Waals surface area (Å²) >= 11 is 0. The molecule has 1 aliphatic heterocycles. The number of hydrogen-bond donors (Lipinski definition) is 2. The van der Waals surface area contributed by atoms with E-state index in [0.717, 1.165) is 13.0 Å². The minimum absolute atomic E-state index is 0.0230. The fourth-order valence-electron chi connectivity index (χ4n) is 2.65. The first-order valence-electron chi connectivity index (χ1n) is 8.20. The van der Waals surface area contributed by atoms with Gasteiger partial charge in [0.25, 0.3) is 5.91 Å². The summed E-state index contributed by atoms with van der Waals surface area (Å²) in [7, 11) is 0. The SMILES string of the molecule is O=C(NCC1CC1)N[C@@H]1CCN(C(=O)COc2ccccc2)C1. The molecule has 23 heavy (non-hydrogen) atoms. The standard InChI is InChI=1S/C17H23N3O3/c21-16(12-23-15-4-2-1-3-5-15)20-9-8-14(11-20)19-17(22)18-10-13-6-7-13/h1-5,13-14H,6-12H2,(H2,18,19,22)/t14-/m1/s1. The van der Waals surface area contributed by atoms with E-state index in [0.29, 0.717) is 24.8 Å². The Morgan fingerprint density at radius 3 is 2.70 bits per heavy atom. The van der Waals surface area contributed by atoms with Crippen LogP contribution in [0.1, 0.15) is 19.3 Å². The zero-order valence-corrected chi connectivity index (χ0v) is 13.2. The maximum absolute atomic E-state index is 12.1. The predicted molar refractivity (Wildman–Crippen MR) is 86.2 cm³/mol. The molecule has 2 N–H and O–H groups in total.